The summed E-state index contributed by atoms with van der Waals surface area (Å²) in [5, 5.41) is 10.6. The minimum atomic E-state index is -4.95. The fraction of sp³-hybridized carbons (Fsp3) is 0.941. The lowest BCUT2D eigenvalue weighted by atomic mass is 10.0. The molecule has 0 aromatic heterocycles. The number of aliphatic hydroxyl groups is 1. The van der Waals surface area contributed by atoms with Gasteiger partial charge in [0.15, 0.2) is 12.2 Å². The molecule has 0 spiro atoms. The van der Waals surface area contributed by atoms with Crippen molar-refractivity contribution in [3.05, 3.63) is 0 Å². The number of aliphatic hydroxyl groups excluding tert-OH is 1. The predicted molar refractivity (Wildman–Crippen MR) is 349 cm³/mol. The zero-order valence-electron chi connectivity index (χ0n) is 56.3. The SMILES string of the molecule is CCCCCCCCCCCCCC(=O)O[C@H](COC(=O)CCCCCCCCCCCC)COP(=O)(O)OC[C@H](O)COP(=O)(O)OC[C@@H](COC(=O)CCCCCCCCCCCC(C)C)OC(=O)CCCCCCCCCCCCCC(C)C. The Kier molecular flexibility index (Phi) is 59.0. The van der Waals surface area contributed by atoms with E-state index in [1.165, 1.54) is 161 Å². The van der Waals surface area contributed by atoms with Gasteiger partial charge in [-0.05, 0) is 37.5 Å². The van der Waals surface area contributed by atoms with Gasteiger partial charge in [0.25, 0.3) is 0 Å². The Bertz CT molecular complexity index is 1700. The van der Waals surface area contributed by atoms with Gasteiger partial charge >= 0.3 is 39.5 Å². The predicted octanol–water partition coefficient (Wildman–Crippen LogP) is 19.2. The van der Waals surface area contributed by atoms with Crippen molar-refractivity contribution in [2.45, 2.75) is 362 Å². The number of rotatable bonds is 67. The second-order valence-corrected chi connectivity index (χ2v) is 28.4. The van der Waals surface area contributed by atoms with Crippen molar-refractivity contribution in [1.82, 2.24) is 0 Å². The lowest BCUT2D eigenvalue weighted by Gasteiger charge is -2.21. The van der Waals surface area contributed by atoms with E-state index in [2.05, 4.69) is 41.5 Å². The van der Waals surface area contributed by atoms with E-state index in [0.29, 0.717) is 25.7 Å². The van der Waals surface area contributed by atoms with Gasteiger partial charge in [-0.25, -0.2) is 9.13 Å². The Hall–Kier alpha value is -1.94. The van der Waals surface area contributed by atoms with Crippen LogP contribution in [0.3, 0.4) is 0 Å². The summed E-state index contributed by atoms with van der Waals surface area (Å²) in [5.41, 5.74) is 0. The summed E-state index contributed by atoms with van der Waals surface area (Å²) in [6.07, 6.45) is 44.3. The second-order valence-electron chi connectivity index (χ2n) is 25.5. The van der Waals surface area contributed by atoms with Gasteiger partial charge in [-0.15, -0.1) is 0 Å². The van der Waals surface area contributed by atoms with Crippen LogP contribution in [-0.2, 0) is 65.4 Å². The third-order valence-corrected chi connectivity index (χ3v) is 17.6. The molecular weight excluding hydrogens is 1150 g/mol. The normalized spacial score (nSPS) is 14.2. The highest BCUT2D eigenvalue weighted by molar-refractivity contribution is 7.47. The summed E-state index contributed by atoms with van der Waals surface area (Å²) in [7, 11) is -9.89. The maximum absolute atomic E-state index is 13.0. The van der Waals surface area contributed by atoms with Crippen LogP contribution in [0.4, 0.5) is 0 Å². The standard InChI is InChI=1S/C68H132O17P2/c1-7-9-11-13-15-17-20-27-34-40-46-52-67(72)84-63(56-78-65(70)50-44-38-32-26-18-16-14-12-10-8-2)58-82-86(74,75)80-54-62(69)55-81-87(76,77)83-59-64(57-79-66(71)51-45-39-33-29-23-25-31-37-43-49-61(5)6)85-68(73)53-47-41-35-28-22-19-21-24-30-36-42-48-60(3)4/h60-64,69H,7-59H2,1-6H3,(H,74,75)(H,76,77)/t62-,63+,64+/m0/s1. The Morgan fingerprint density at radius 3 is 0.782 bits per heavy atom. The number of ether oxygens (including phenoxy) is 4. The minimum Gasteiger partial charge on any atom is -0.462 e. The average Bonchev–Trinajstić information content (AvgIpc) is 3.54. The molecule has 0 aromatic carbocycles. The molecule has 0 saturated carbocycles. The van der Waals surface area contributed by atoms with Gasteiger partial charge in [0.05, 0.1) is 26.4 Å². The van der Waals surface area contributed by atoms with E-state index in [9.17, 15) is 43.2 Å². The number of phosphoric acid groups is 2. The van der Waals surface area contributed by atoms with E-state index in [1.807, 2.05) is 0 Å². The monoisotopic (exact) mass is 1280 g/mol. The zero-order valence-corrected chi connectivity index (χ0v) is 58.1. The number of carbonyl (C=O) groups excluding carboxylic acids is 4. The lowest BCUT2D eigenvalue weighted by Crippen LogP contribution is -2.30. The highest BCUT2D eigenvalue weighted by atomic mass is 31.2. The third-order valence-electron chi connectivity index (χ3n) is 15.7. The van der Waals surface area contributed by atoms with Gasteiger partial charge in [0.1, 0.15) is 19.3 Å². The van der Waals surface area contributed by atoms with Crippen molar-refractivity contribution in [1.29, 1.82) is 0 Å². The molecule has 0 fully saturated rings. The van der Waals surface area contributed by atoms with Crippen molar-refractivity contribution in [2.75, 3.05) is 39.6 Å². The van der Waals surface area contributed by atoms with Crippen LogP contribution in [0, 0.1) is 11.8 Å². The lowest BCUT2D eigenvalue weighted by molar-refractivity contribution is -0.161. The molecule has 0 heterocycles. The largest absolute Gasteiger partial charge is 0.472 e. The van der Waals surface area contributed by atoms with E-state index in [4.69, 9.17) is 37.0 Å². The van der Waals surface area contributed by atoms with E-state index >= 15 is 0 Å². The van der Waals surface area contributed by atoms with Crippen molar-refractivity contribution in [3.63, 3.8) is 0 Å². The number of carbonyl (C=O) groups is 4. The van der Waals surface area contributed by atoms with Gasteiger partial charge in [-0.2, -0.15) is 0 Å². The molecule has 0 saturated heterocycles. The fourth-order valence-corrected chi connectivity index (χ4v) is 11.8. The molecular formula is C68H132O17P2. The fourth-order valence-electron chi connectivity index (χ4n) is 10.2. The number of hydrogen-bond acceptors (Lipinski definition) is 15. The van der Waals surface area contributed by atoms with Gasteiger partial charge in [0.2, 0.25) is 0 Å². The van der Waals surface area contributed by atoms with Crippen LogP contribution >= 0.6 is 15.6 Å². The molecule has 3 N–H and O–H groups in total. The summed E-state index contributed by atoms with van der Waals surface area (Å²) in [5.74, 6) is -0.617. The summed E-state index contributed by atoms with van der Waals surface area (Å²) >= 11 is 0. The molecule has 0 bridgehead atoms. The number of phosphoric ester groups is 2. The van der Waals surface area contributed by atoms with Crippen molar-refractivity contribution in [3.8, 4) is 0 Å². The summed E-state index contributed by atoms with van der Waals surface area (Å²) in [6, 6.07) is 0. The zero-order chi connectivity index (χ0) is 64.3. The number of esters is 4. The molecule has 0 aliphatic carbocycles. The second kappa shape index (κ2) is 60.3. The first-order chi connectivity index (χ1) is 41.9. The van der Waals surface area contributed by atoms with Crippen LogP contribution in [0.5, 0.6) is 0 Å². The molecule has 87 heavy (non-hydrogen) atoms. The highest BCUT2D eigenvalue weighted by Crippen LogP contribution is 2.45. The molecule has 0 aliphatic rings. The van der Waals surface area contributed by atoms with Crippen LogP contribution in [0.1, 0.15) is 343 Å². The van der Waals surface area contributed by atoms with E-state index in [-0.39, 0.29) is 25.7 Å². The first-order valence-electron chi connectivity index (χ1n) is 35.5. The van der Waals surface area contributed by atoms with Crippen molar-refractivity contribution < 1.29 is 80.2 Å². The Balaban J connectivity index is 5.25. The molecule has 17 nitrogen and oxygen atoms in total. The van der Waals surface area contributed by atoms with Gasteiger partial charge < -0.3 is 33.8 Å². The van der Waals surface area contributed by atoms with Crippen LogP contribution < -0.4 is 0 Å². The van der Waals surface area contributed by atoms with Crippen LogP contribution in [0.25, 0.3) is 0 Å². The highest BCUT2D eigenvalue weighted by Gasteiger charge is 2.30. The van der Waals surface area contributed by atoms with Gasteiger partial charge in [0, 0.05) is 25.7 Å². The molecule has 2 unspecified atom stereocenters. The summed E-state index contributed by atoms with van der Waals surface area (Å²) in [4.78, 5) is 72.4. The first-order valence-corrected chi connectivity index (χ1v) is 38.5. The van der Waals surface area contributed by atoms with E-state index < -0.39 is 97.5 Å². The topological polar surface area (TPSA) is 237 Å². The van der Waals surface area contributed by atoms with E-state index in [1.54, 1.807) is 0 Å². The van der Waals surface area contributed by atoms with Crippen molar-refractivity contribution in [2.24, 2.45) is 11.8 Å². The molecule has 19 heteroatoms. The average molecular weight is 1280 g/mol. The maximum Gasteiger partial charge on any atom is 0.472 e. The molecule has 0 aromatic rings. The maximum atomic E-state index is 13.0. The third kappa shape index (κ3) is 62.6. The van der Waals surface area contributed by atoms with Crippen LogP contribution in [0.15, 0.2) is 0 Å². The number of hydrogen-bond donors (Lipinski definition) is 3. The summed E-state index contributed by atoms with van der Waals surface area (Å²) in [6.45, 7) is 9.50. The molecule has 5 atom stereocenters. The smallest absolute Gasteiger partial charge is 0.462 e. The molecule has 0 rings (SSSR count). The van der Waals surface area contributed by atoms with Crippen molar-refractivity contribution >= 4 is 39.5 Å². The Morgan fingerprint density at radius 1 is 0.310 bits per heavy atom. The quantitative estimate of drug-likeness (QED) is 0.0222. The Labute approximate surface area is 530 Å². The van der Waals surface area contributed by atoms with E-state index in [0.717, 1.165) is 102 Å². The molecule has 0 aliphatic heterocycles. The Morgan fingerprint density at radius 2 is 0.529 bits per heavy atom. The van der Waals surface area contributed by atoms with Crippen LogP contribution in [-0.4, -0.2) is 96.7 Å². The molecule has 0 radical (unpaired) electrons. The summed E-state index contributed by atoms with van der Waals surface area (Å²) < 4.78 is 68.2. The van der Waals surface area contributed by atoms with Crippen LogP contribution in [0.2, 0.25) is 0 Å². The van der Waals surface area contributed by atoms with Gasteiger partial charge in [-0.1, -0.05) is 292 Å². The first kappa shape index (κ1) is 85.1. The van der Waals surface area contributed by atoms with Gasteiger partial charge in [-0.3, -0.25) is 37.3 Å². The molecule has 0 amide bonds. The molecule has 516 valence electrons. The number of unbranched alkanes of at least 4 members (excludes halogenated alkanes) is 37. The minimum absolute atomic E-state index is 0.106.